The number of rotatable bonds is 7. The Hall–Kier alpha value is -3.24. The second-order valence-corrected chi connectivity index (χ2v) is 12.0. The van der Waals surface area contributed by atoms with Gasteiger partial charge in [-0.3, -0.25) is 9.12 Å². The van der Waals surface area contributed by atoms with Gasteiger partial charge < -0.3 is 4.57 Å². The van der Waals surface area contributed by atoms with Crippen molar-refractivity contribution in [3.63, 3.8) is 0 Å². The van der Waals surface area contributed by atoms with Crippen LogP contribution in [0.1, 0.15) is 25.3 Å². The Labute approximate surface area is 203 Å². The van der Waals surface area contributed by atoms with Crippen molar-refractivity contribution in [2.45, 2.75) is 37.0 Å². The highest BCUT2D eigenvalue weighted by Crippen LogP contribution is 2.34. The van der Waals surface area contributed by atoms with Crippen molar-refractivity contribution in [2.75, 3.05) is 10.5 Å². The fraction of sp³-hybridized carbons (Fsp3) is 0.350. The van der Waals surface area contributed by atoms with Crippen LogP contribution in [-0.4, -0.2) is 52.6 Å². The van der Waals surface area contributed by atoms with Crippen LogP contribution in [-0.2, 0) is 33.3 Å². The molecule has 36 heavy (non-hydrogen) atoms. The Morgan fingerprint density at radius 3 is 2.50 bits per heavy atom. The summed E-state index contributed by atoms with van der Waals surface area (Å²) in [5.74, 6) is -0.293. The molecule has 0 amide bonds. The number of fused-ring (bicyclic) bond motifs is 2. The van der Waals surface area contributed by atoms with Gasteiger partial charge in [0.1, 0.15) is 16.9 Å². The van der Waals surface area contributed by atoms with Crippen LogP contribution >= 0.6 is 0 Å². The van der Waals surface area contributed by atoms with Crippen molar-refractivity contribution < 1.29 is 30.0 Å². The number of anilines is 1. The van der Waals surface area contributed by atoms with Gasteiger partial charge in [-0.1, -0.05) is 6.92 Å². The highest BCUT2D eigenvalue weighted by Gasteiger charge is 2.33. The predicted octanol–water partition coefficient (Wildman–Crippen LogP) is 2.50. The maximum atomic E-state index is 13.2. The lowest BCUT2D eigenvalue weighted by molar-refractivity contribution is -0.137. The summed E-state index contributed by atoms with van der Waals surface area (Å²) in [5, 5.41) is -0.222. The largest absolute Gasteiger partial charge is 0.417 e. The van der Waals surface area contributed by atoms with Crippen molar-refractivity contribution in [2.24, 2.45) is 7.05 Å². The molecule has 16 heteroatoms. The minimum absolute atomic E-state index is 0.00918. The van der Waals surface area contributed by atoms with E-state index in [9.17, 15) is 30.0 Å². The van der Waals surface area contributed by atoms with Crippen molar-refractivity contribution in [1.29, 1.82) is 0 Å². The van der Waals surface area contributed by atoms with Crippen molar-refractivity contribution in [1.82, 2.24) is 28.6 Å². The molecule has 0 radical (unpaired) electrons. The number of nitrogens with one attached hydrogen (secondary N) is 2. The lowest BCUT2D eigenvalue weighted by Crippen LogP contribution is -2.31. The molecule has 2 N–H and O–H groups in total. The first kappa shape index (κ1) is 24.5. The molecule has 5 rings (SSSR count). The molecular weight excluding hydrogens is 523 g/mol. The normalized spacial score (nSPS) is 15.1. The summed E-state index contributed by atoms with van der Waals surface area (Å²) in [6.45, 7) is 1.44. The smallest absolute Gasteiger partial charge is 0.310 e. The lowest BCUT2D eigenvalue weighted by atomic mass is 10.2. The monoisotopic (exact) mass is 543 g/mol. The lowest BCUT2D eigenvalue weighted by Gasteiger charge is -2.09. The Kier molecular flexibility index (Phi) is 5.53. The Morgan fingerprint density at radius 1 is 1.14 bits per heavy atom. The zero-order valence-corrected chi connectivity index (χ0v) is 20.5. The summed E-state index contributed by atoms with van der Waals surface area (Å²) in [6.07, 6.45) is -1.10. The fourth-order valence-electron chi connectivity index (χ4n) is 3.71. The number of aryl methyl sites for hydroxylation is 1. The van der Waals surface area contributed by atoms with Gasteiger partial charge in [-0.15, -0.1) is 0 Å². The summed E-state index contributed by atoms with van der Waals surface area (Å²) in [4.78, 5) is 12.5. The summed E-state index contributed by atoms with van der Waals surface area (Å²) in [5.41, 5.74) is -0.822. The van der Waals surface area contributed by atoms with E-state index in [1.54, 1.807) is 0 Å². The molecule has 11 nitrogen and oxygen atoms in total. The number of hydrogen-bond donors (Lipinski definition) is 2. The predicted molar refractivity (Wildman–Crippen MR) is 124 cm³/mol. The van der Waals surface area contributed by atoms with E-state index in [1.165, 1.54) is 41.3 Å². The van der Waals surface area contributed by atoms with Gasteiger partial charge in [0, 0.05) is 31.5 Å². The van der Waals surface area contributed by atoms with Crippen LogP contribution in [0.4, 0.5) is 18.9 Å². The first-order valence-electron chi connectivity index (χ1n) is 10.7. The summed E-state index contributed by atoms with van der Waals surface area (Å²) < 4.78 is 97.6. The number of alkyl halides is 3. The van der Waals surface area contributed by atoms with E-state index in [-0.39, 0.29) is 50.8 Å². The van der Waals surface area contributed by atoms with Crippen LogP contribution in [0.3, 0.4) is 0 Å². The van der Waals surface area contributed by atoms with Gasteiger partial charge in [-0.05, 0) is 25.0 Å². The number of sulfone groups is 1. The Morgan fingerprint density at radius 2 is 1.86 bits per heavy atom. The number of halogens is 3. The molecule has 0 atom stereocenters. The van der Waals surface area contributed by atoms with E-state index in [2.05, 4.69) is 24.4 Å². The molecule has 4 heterocycles. The van der Waals surface area contributed by atoms with E-state index in [4.69, 9.17) is 0 Å². The van der Waals surface area contributed by atoms with Crippen molar-refractivity contribution >= 4 is 42.5 Å². The molecule has 1 saturated carbocycles. The molecule has 192 valence electrons. The summed E-state index contributed by atoms with van der Waals surface area (Å²) in [6, 6.07) is 3.45. The maximum Gasteiger partial charge on any atom is 0.417 e. The molecule has 1 aliphatic rings. The van der Waals surface area contributed by atoms with Crippen LogP contribution in [0.2, 0.25) is 0 Å². The van der Waals surface area contributed by atoms with Gasteiger partial charge in [0.15, 0.2) is 26.3 Å². The zero-order valence-electron chi connectivity index (χ0n) is 18.9. The molecule has 0 aromatic carbocycles. The van der Waals surface area contributed by atoms with Gasteiger partial charge >= 0.3 is 6.18 Å². The minimum Gasteiger partial charge on any atom is -0.310 e. The molecule has 0 bridgehead atoms. The van der Waals surface area contributed by atoms with Gasteiger partial charge in [0.25, 0.3) is 10.2 Å². The van der Waals surface area contributed by atoms with Crippen molar-refractivity contribution in [3.8, 4) is 11.5 Å². The molecule has 1 aliphatic carbocycles. The topological polar surface area (TPSA) is 140 Å². The third-order valence-corrected chi connectivity index (χ3v) is 8.54. The van der Waals surface area contributed by atoms with Gasteiger partial charge in [-0.2, -0.15) is 26.3 Å². The van der Waals surface area contributed by atoms with Crippen LogP contribution < -0.4 is 9.44 Å². The molecule has 1 fully saturated rings. The third-order valence-electron chi connectivity index (χ3n) is 5.66. The van der Waals surface area contributed by atoms with Crippen LogP contribution in [0, 0.1) is 0 Å². The number of nitrogens with zero attached hydrogens (tertiary/aromatic N) is 5. The highest BCUT2D eigenvalue weighted by molar-refractivity contribution is 7.91. The average Bonchev–Trinajstić information content (AvgIpc) is 3.41. The molecular formula is C20H20F3N7O4S2. The molecule has 0 unspecified atom stereocenters. The van der Waals surface area contributed by atoms with E-state index in [1.807, 2.05) is 0 Å². The number of hydrogen-bond acceptors (Lipinski definition) is 7. The third kappa shape index (κ3) is 4.39. The van der Waals surface area contributed by atoms with Gasteiger partial charge in [0.2, 0.25) is 0 Å². The van der Waals surface area contributed by atoms with Crippen LogP contribution in [0.5, 0.6) is 0 Å². The van der Waals surface area contributed by atoms with E-state index < -0.39 is 31.8 Å². The summed E-state index contributed by atoms with van der Waals surface area (Å²) >= 11 is 0. The first-order chi connectivity index (χ1) is 16.8. The minimum atomic E-state index is -4.63. The van der Waals surface area contributed by atoms with E-state index in [0.29, 0.717) is 6.20 Å². The highest BCUT2D eigenvalue weighted by atomic mass is 32.2. The second kappa shape index (κ2) is 8.14. The average molecular weight is 544 g/mol. The first-order valence-corrected chi connectivity index (χ1v) is 13.9. The molecule has 0 saturated heterocycles. The standard InChI is InChI=1S/C20H20F3N7O4S2/c1-3-35(31,32)19-16(18-25-14-8-11(20(21,22)23)10-24-17(14)29(18)2)26-15-9-13(6-7-30(15)19)28-36(33,34)27-12-4-5-12/h6-10,12,27-28H,3-5H2,1-2H3. The van der Waals surface area contributed by atoms with E-state index in [0.717, 1.165) is 18.9 Å². The maximum absolute atomic E-state index is 13.2. The zero-order chi connectivity index (χ0) is 26.0. The number of aromatic nitrogens is 5. The van der Waals surface area contributed by atoms with Gasteiger partial charge in [0.05, 0.1) is 17.0 Å². The second-order valence-electron chi connectivity index (χ2n) is 8.37. The Balaban J connectivity index is 1.67. The van der Waals surface area contributed by atoms with Crippen LogP contribution in [0.15, 0.2) is 35.6 Å². The van der Waals surface area contributed by atoms with E-state index >= 15 is 0 Å². The number of imidazole rings is 2. The fourth-order valence-corrected chi connectivity index (χ4v) is 6.04. The van der Waals surface area contributed by atoms with Gasteiger partial charge in [-0.25, -0.2) is 23.4 Å². The molecule has 0 spiro atoms. The van der Waals surface area contributed by atoms with Crippen LogP contribution in [0.25, 0.3) is 28.3 Å². The van der Waals surface area contributed by atoms with Crippen molar-refractivity contribution in [3.05, 3.63) is 36.2 Å². The Bertz CT molecular complexity index is 1720. The molecule has 4 aromatic heterocycles. The summed E-state index contributed by atoms with van der Waals surface area (Å²) in [7, 11) is -6.26. The quantitative estimate of drug-likeness (QED) is 0.365. The molecule has 0 aliphatic heterocycles. The SMILES string of the molecule is CCS(=O)(=O)c1c(-c2nc3cc(C(F)(F)F)cnc3n2C)nc2cc(NS(=O)(=O)NC3CC3)ccn12. The molecule has 4 aromatic rings. The number of pyridine rings is 2.